The van der Waals surface area contributed by atoms with Crippen molar-refractivity contribution >= 4 is 22.3 Å². The number of thiazole rings is 1. The van der Waals surface area contributed by atoms with E-state index in [9.17, 15) is 4.79 Å². The van der Waals surface area contributed by atoms with Crippen molar-refractivity contribution in [1.82, 2.24) is 4.98 Å². The molecule has 1 saturated heterocycles. The van der Waals surface area contributed by atoms with Crippen LogP contribution in [0.15, 0.2) is 0 Å². The molecule has 16 heavy (non-hydrogen) atoms. The van der Waals surface area contributed by atoms with E-state index in [-0.39, 0.29) is 5.78 Å². The summed E-state index contributed by atoms with van der Waals surface area (Å²) in [5.41, 5.74) is 0.972. The monoisotopic (exact) mass is 238 g/mol. The molecule has 0 unspecified atom stereocenters. The SMILES string of the molecule is CC(=O)c1sc(N2CCCC2)nc1C(C)C. The molecule has 0 aromatic carbocycles. The van der Waals surface area contributed by atoms with Gasteiger partial charge in [-0.15, -0.1) is 0 Å². The van der Waals surface area contributed by atoms with Crippen LogP contribution < -0.4 is 4.90 Å². The highest BCUT2D eigenvalue weighted by atomic mass is 32.1. The Morgan fingerprint density at radius 2 is 2.00 bits per heavy atom. The second kappa shape index (κ2) is 4.53. The topological polar surface area (TPSA) is 33.2 Å². The van der Waals surface area contributed by atoms with Crippen molar-refractivity contribution in [2.75, 3.05) is 18.0 Å². The van der Waals surface area contributed by atoms with Crippen LogP contribution in [-0.2, 0) is 0 Å². The third-order valence-corrected chi connectivity index (χ3v) is 4.12. The Balaban J connectivity index is 2.34. The van der Waals surface area contributed by atoms with Gasteiger partial charge in [0.1, 0.15) is 0 Å². The number of anilines is 1. The quantitative estimate of drug-likeness (QED) is 0.759. The Labute approximate surface area is 100 Å². The van der Waals surface area contributed by atoms with Crippen molar-refractivity contribution < 1.29 is 4.79 Å². The van der Waals surface area contributed by atoms with E-state index in [0.29, 0.717) is 5.92 Å². The number of carbonyl (C=O) groups excluding carboxylic acids is 1. The van der Waals surface area contributed by atoms with Crippen molar-refractivity contribution in [1.29, 1.82) is 0 Å². The number of hydrogen-bond acceptors (Lipinski definition) is 4. The summed E-state index contributed by atoms with van der Waals surface area (Å²) in [5.74, 6) is 0.471. The Kier molecular flexibility index (Phi) is 3.28. The van der Waals surface area contributed by atoms with Crippen molar-refractivity contribution in [3.8, 4) is 0 Å². The van der Waals surface area contributed by atoms with Crippen molar-refractivity contribution in [3.63, 3.8) is 0 Å². The minimum Gasteiger partial charge on any atom is -0.348 e. The van der Waals surface area contributed by atoms with E-state index in [1.54, 1.807) is 18.3 Å². The molecule has 0 atom stereocenters. The first-order chi connectivity index (χ1) is 7.59. The van der Waals surface area contributed by atoms with Gasteiger partial charge in [0.15, 0.2) is 10.9 Å². The van der Waals surface area contributed by atoms with Crippen LogP contribution in [0.2, 0.25) is 0 Å². The molecule has 1 fully saturated rings. The number of Topliss-reactive ketones (excluding diaryl/α,β-unsaturated/α-hetero) is 1. The van der Waals surface area contributed by atoms with Crippen LogP contribution in [-0.4, -0.2) is 23.9 Å². The lowest BCUT2D eigenvalue weighted by atomic mass is 10.1. The molecule has 88 valence electrons. The lowest BCUT2D eigenvalue weighted by molar-refractivity contribution is 0.102. The van der Waals surface area contributed by atoms with Gasteiger partial charge in [-0.1, -0.05) is 25.2 Å². The van der Waals surface area contributed by atoms with E-state index in [0.717, 1.165) is 28.8 Å². The molecule has 0 radical (unpaired) electrons. The fourth-order valence-corrected chi connectivity index (χ4v) is 3.18. The minimum absolute atomic E-state index is 0.145. The number of carbonyl (C=O) groups is 1. The normalized spacial score (nSPS) is 16.1. The van der Waals surface area contributed by atoms with Gasteiger partial charge < -0.3 is 4.90 Å². The zero-order chi connectivity index (χ0) is 11.7. The van der Waals surface area contributed by atoms with E-state index < -0.39 is 0 Å². The summed E-state index contributed by atoms with van der Waals surface area (Å²) in [6.45, 7) is 7.99. The van der Waals surface area contributed by atoms with Gasteiger partial charge in [-0.2, -0.15) is 0 Å². The number of aromatic nitrogens is 1. The first-order valence-electron chi connectivity index (χ1n) is 5.86. The maximum Gasteiger partial charge on any atom is 0.186 e. The van der Waals surface area contributed by atoms with Gasteiger partial charge in [0.2, 0.25) is 0 Å². The maximum absolute atomic E-state index is 11.6. The Morgan fingerprint density at radius 1 is 1.38 bits per heavy atom. The first kappa shape index (κ1) is 11.6. The van der Waals surface area contributed by atoms with Gasteiger partial charge >= 0.3 is 0 Å². The van der Waals surface area contributed by atoms with Crippen LogP contribution in [0.25, 0.3) is 0 Å². The van der Waals surface area contributed by atoms with Crippen LogP contribution in [0.4, 0.5) is 5.13 Å². The predicted molar refractivity (Wildman–Crippen MR) is 67.7 cm³/mol. The lowest BCUT2D eigenvalue weighted by Crippen LogP contribution is -2.17. The average Bonchev–Trinajstić information content (AvgIpc) is 2.86. The van der Waals surface area contributed by atoms with Crippen LogP contribution in [0.5, 0.6) is 0 Å². The van der Waals surface area contributed by atoms with Gasteiger partial charge in [0, 0.05) is 20.0 Å². The summed E-state index contributed by atoms with van der Waals surface area (Å²) in [5, 5.41) is 1.03. The highest BCUT2D eigenvalue weighted by Crippen LogP contribution is 2.32. The van der Waals surface area contributed by atoms with Gasteiger partial charge in [-0.05, 0) is 18.8 Å². The lowest BCUT2D eigenvalue weighted by Gasteiger charge is -2.12. The molecule has 1 aromatic heterocycles. The van der Waals surface area contributed by atoms with Gasteiger partial charge in [0.25, 0.3) is 0 Å². The third kappa shape index (κ3) is 2.12. The van der Waals surface area contributed by atoms with Crippen LogP contribution in [0, 0.1) is 0 Å². The van der Waals surface area contributed by atoms with Gasteiger partial charge in [-0.25, -0.2) is 4.98 Å². The smallest absolute Gasteiger partial charge is 0.186 e. The summed E-state index contributed by atoms with van der Waals surface area (Å²) >= 11 is 1.56. The number of nitrogens with zero attached hydrogens (tertiary/aromatic N) is 2. The fourth-order valence-electron chi connectivity index (χ4n) is 2.01. The Morgan fingerprint density at radius 3 is 2.44 bits per heavy atom. The molecule has 0 spiro atoms. The molecule has 3 nitrogen and oxygen atoms in total. The van der Waals surface area contributed by atoms with Crippen molar-refractivity contribution in [3.05, 3.63) is 10.6 Å². The first-order valence-corrected chi connectivity index (χ1v) is 6.68. The Bertz CT molecular complexity index is 392. The second-order valence-electron chi connectivity index (χ2n) is 4.62. The molecule has 1 aliphatic rings. The van der Waals surface area contributed by atoms with Crippen LogP contribution in [0.3, 0.4) is 0 Å². The highest BCUT2D eigenvalue weighted by Gasteiger charge is 2.22. The second-order valence-corrected chi connectivity index (χ2v) is 5.59. The van der Waals surface area contributed by atoms with Crippen molar-refractivity contribution in [2.45, 2.75) is 39.5 Å². The van der Waals surface area contributed by atoms with Gasteiger partial charge in [-0.3, -0.25) is 4.79 Å². The molecule has 0 N–H and O–H groups in total. The third-order valence-electron chi connectivity index (χ3n) is 2.89. The molecular formula is C12H18N2OS. The van der Waals surface area contributed by atoms with E-state index in [1.807, 2.05) is 0 Å². The molecule has 0 saturated carbocycles. The number of hydrogen-bond donors (Lipinski definition) is 0. The molecule has 0 bridgehead atoms. The summed E-state index contributed by atoms with van der Waals surface area (Å²) in [4.78, 5) is 19.3. The number of rotatable bonds is 3. The van der Waals surface area contributed by atoms with E-state index in [2.05, 4.69) is 23.7 Å². The molecule has 0 amide bonds. The standard InChI is InChI=1S/C12H18N2OS/c1-8(2)10-11(9(3)15)16-12(13-10)14-6-4-5-7-14/h8H,4-7H2,1-3H3. The van der Waals surface area contributed by atoms with Gasteiger partial charge in [0.05, 0.1) is 10.6 Å². The fraction of sp³-hybridized carbons (Fsp3) is 0.667. The zero-order valence-electron chi connectivity index (χ0n) is 10.1. The predicted octanol–water partition coefficient (Wildman–Crippen LogP) is 3.07. The summed E-state index contributed by atoms with van der Waals surface area (Å²) in [7, 11) is 0. The maximum atomic E-state index is 11.6. The van der Waals surface area contributed by atoms with E-state index in [4.69, 9.17) is 0 Å². The average molecular weight is 238 g/mol. The molecule has 0 aliphatic carbocycles. The molecular weight excluding hydrogens is 220 g/mol. The molecule has 1 aromatic rings. The summed E-state index contributed by atoms with van der Waals surface area (Å²) in [6.07, 6.45) is 2.48. The van der Waals surface area contributed by atoms with Crippen LogP contribution >= 0.6 is 11.3 Å². The largest absolute Gasteiger partial charge is 0.348 e. The van der Waals surface area contributed by atoms with E-state index in [1.165, 1.54) is 12.8 Å². The van der Waals surface area contributed by atoms with Crippen molar-refractivity contribution in [2.24, 2.45) is 0 Å². The number of ketones is 1. The molecule has 4 heteroatoms. The molecule has 1 aliphatic heterocycles. The van der Waals surface area contributed by atoms with E-state index >= 15 is 0 Å². The summed E-state index contributed by atoms with van der Waals surface area (Å²) in [6, 6.07) is 0. The molecule has 2 rings (SSSR count). The summed E-state index contributed by atoms with van der Waals surface area (Å²) < 4.78 is 0. The van der Waals surface area contributed by atoms with Crippen LogP contribution in [0.1, 0.15) is 54.9 Å². The Hall–Kier alpha value is -0.900. The zero-order valence-corrected chi connectivity index (χ0v) is 10.9. The highest BCUT2D eigenvalue weighted by molar-refractivity contribution is 7.17. The minimum atomic E-state index is 0.145. The molecule has 2 heterocycles.